The highest BCUT2D eigenvalue weighted by atomic mass is 35.5. The summed E-state index contributed by atoms with van der Waals surface area (Å²) in [7, 11) is 1.40. The summed E-state index contributed by atoms with van der Waals surface area (Å²) in [4.78, 5) is 11.2. The molecular formula is C11H22ClNO2. The van der Waals surface area contributed by atoms with Gasteiger partial charge >= 0.3 is 5.97 Å². The molecule has 0 aromatic heterocycles. The van der Waals surface area contributed by atoms with E-state index >= 15 is 0 Å². The molecule has 0 aromatic carbocycles. The van der Waals surface area contributed by atoms with E-state index in [1.54, 1.807) is 0 Å². The molecule has 0 bridgehead atoms. The summed E-state index contributed by atoms with van der Waals surface area (Å²) < 4.78 is 4.65. The fraction of sp³-hybridized carbons (Fsp3) is 0.909. The second-order valence-corrected chi connectivity index (χ2v) is 5.05. The fourth-order valence-corrected chi connectivity index (χ4v) is 2.11. The summed E-state index contributed by atoms with van der Waals surface area (Å²) in [5, 5.41) is 0. The lowest BCUT2D eigenvalue weighted by atomic mass is 9.71. The molecule has 0 aliphatic heterocycles. The van der Waals surface area contributed by atoms with Gasteiger partial charge in [-0.05, 0) is 37.0 Å². The normalized spacial score (nSPS) is 22.7. The largest absolute Gasteiger partial charge is 0.468 e. The molecular weight excluding hydrogens is 214 g/mol. The smallest absolute Gasteiger partial charge is 0.322 e. The first-order chi connectivity index (χ1) is 6.46. The molecule has 1 aliphatic carbocycles. The Bertz CT molecular complexity index is 209. The van der Waals surface area contributed by atoms with E-state index < -0.39 is 6.04 Å². The van der Waals surface area contributed by atoms with Crippen molar-refractivity contribution in [2.45, 2.75) is 45.6 Å². The first kappa shape index (κ1) is 14.7. The van der Waals surface area contributed by atoms with Crippen molar-refractivity contribution >= 4 is 18.4 Å². The number of hydrogen-bond donors (Lipinski definition) is 1. The van der Waals surface area contributed by atoms with Crippen LogP contribution < -0.4 is 5.73 Å². The van der Waals surface area contributed by atoms with Crippen LogP contribution in [0.3, 0.4) is 0 Å². The maximum atomic E-state index is 11.2. The van der Waals surface area contributed by atoms with E-state index in [0.29, 0.717) is 11.3 Å². The van der Waals surface area contributed by atoms with Gasteiger partial charge in [-0.25, -0.2) is 0 Å². The first-order valence-electron chi connectivity index (χ1n) is 5.30. The molecule has 0 radical (unpaired) electrons. The highest BCUT2D eigenvalue weighted by molar-refractivity contribution is 5.85. The van der Waals surface area contributed by atoms with Gasteiger partial charge in [-0.15, -0.1) is 12.4 Å². The average molecular weight is 236 g/mol. The Morgan fingerprint density at radius 3 is 2.27 bits per heavy atom. The molecule has 0 saturated heterocycles. The number of halogens is 1. The van der Waals surface area contributed by atoms with Crippen LogP contribution in [-0.2, 0) is 9.53 Å². The Morgan fingerprint density at radius 1 is 1.40 bits per heavy atom. The molecule has 1 saturated carbocycles. The van der Waals surface area contributed by atoms with Gasteiger partial charge in [-0.3, -0.25) is 4.79 Å². The molecule has 0 spiro atoms. The standard InChI is InChI=1S/C11H21NO2.ClH/c1-11(2)6-4-8(5-7-11)9(12)10(13)14-3;/h8-9H,4-7,12H2,1-3H3;1H. The maximum Gasteiger partial charge on any atom is 0.322 e. The van der Waals surface area contributed by atoms with Crippen LogP contribution in [0.15, 0.2) is 0 Å². The molecule has 1 atom stereocenters. The third-order valence-corrected chi connectivity index (χ3v) is 3.37. The Morgan fingerprint density at radius 2 is 1.87 bits per heavy atom. The molecule has 1 aliphatic rings. The number of ether oxygens (including phenoxy) is 1. The van der Waals surface area contributed by atoms with E-state index in [-0.39, 0.29) is 18.4 Å². The van der Waals surface area contributed by atoms with Crippen molar-refractivity contribution in [1.82, 2.24) is 0 Å². The van der Waals surface area contributed by atoms with Crippen LogP contribution in [0.4, 0.5) is 0 Å². The minimum absolute atomic E-state index is 0. The van der Waals surface area contributed by atoms with Crippen LogP contribution >= 0.6 is 12.4 Å². The first-order valence-corrected chi connectivity index (χ1v) is 5.30. The lowest BCUT2D eigenvalue weighted by Crippen LogP contribution is -2.41. The molecule has 0 heterocycles. The van der Waals surface area contributed by atoms with Gasteiger partial charge in [-0.2, -0.15) is 0 Å². The van der Waals surface area contributed by atoms with Crippen molar-refractivity contribution < 1.29 is 9.53 Å². The van der Waals surface area contributed by atoms with Crippen LogP contribution in [-0.4, -0.2) is 19.1 Å². The highest BCUT2D eigenvalue weighted by Gasteiger charge is 2.32. The summed E-state index contributed by atoms with van der Waals surface area (Å²) >= 11 is 0. The molecule has 1 fully saturated rings. The lowest BCUT2D eigenvalue weighted by Gasteiger charge is -2.35. The molecule has 4 heteroatoms. The van der Waals surface area contributed by atoms with Gasteiger partial charge in [0.1, 0.15) is 6.04 Å². The van der Waals surface area contributed by atoms with Crippen LogP contribution in [0.5, 0.6) is 0 Å². The van der Waals surface area contributed by atoms with E-state index in [2.05, 4.69) is 18.6 Å². The van der Waals surface area contributed by atoms with Gasteiger partial charge in [0.05, 0.1) is 7.11 Å². The molecule has 2 N–H and O–H groups in total. The number of carbonyl (C=O) groups is 1. The summed E-state index contributed by atoms with van der Waals surface area (Å²) in [5.41, 5.74) is 6.24. The zero-order chi connectivity index (χ0) is 10.8. The van der Waals surface area contributed by atoms with Gasteiger partial charge in [-0.1, -0.05) is 13.8 Å². The van der Waals surface area contributed by atoms with E-state index in [4.69, 9.17) is 5.73 Å². The number of carbonyl (C=O) groups excluding carboxylic acids is 1. The van der Waals surface area contributed by atoms with Gasteiger partial charge < -0.3 is 10.5 Å². The van der Waals surface area contributed by atoms with Crippen molar-refractivity contribution in [2.75, 3.05) is 7.11 Å². The zero-order valence-electron chi connectivity index (χ0n) is 9.79. The molecule has 1 rings (SSSR count). The minimum Gasteiger partial charge on any atom is -0.468 e. The summed E-state index contributed by atoms with van der Waals surface area (Å²) in [6, 6.07) is -0.420. The Hall–Kier alpha value is -0.280. The van der Waals surface area contributed by atoms with Crippen molar-refractivity contribution in [2.24, 2.45) is 17.1 Å². The highest BCUT2D eigenvalue weighted by Crippen LogP contribution is 2.38. The van der Waals surface area contributed by atoms with Crippen LogP contribution in [0.1, 0.15) is 39.5 Å². The predicted molar refractivity (Wildman–Crippen MR) is 63.0 cm³/mol. The van der Waals surface area contributed by atoms with Gasteiger partial charge in [0.2, 0.25) is 0 Å². The van der Waals surface area contributed by atoms with Crippen molar-refractivity contribution in [3.05, 3.63) is 0 Å². The number of hydrogen-bond acceptors (Lipinski definition) is 3. The Labute approximate surface area is 98.2 Å². The number of methoxy groups -OCH3 is 1. The summed E-state index contributed by atoms with van der Waals surface area (Å²) in [5.74, 6) is 0.0465. The molecule has 1 unspecified atom stereocenters. The predicted octanol–water partition coefficient (Wildman–Crippen LogP) is 2.12. The molecule has 15 heavy (non-hydrogen) atoms. The second kappa shape index (κ2) is 5.71. The van der Waals surface area contributed by atoms with E-state index in [9.17, 15) is 4.79 Å². The zero-order valence-corrected chi connectivity index (χ0v) is 10.6. The molecule has 3 nitrogen and oxygen atoms in total. The molecule has 0 aromatic rings. The number of rotatable bonds is 2. The average Bonchev–Trinajstić information content (AvgIpc) is 2.15. The third kappa shape index (κ3) is 3.99. The third-order valence-electron chi connectivity index (χ3n) is 3.37. The topological polar surface area (TPSA) is 52.3 Å². The molecule has 90 valence electrons. The van der Waals surface area contributed by atoms with Crippen molar-refractivity contribution in [1.29, 1.82) is 0 Å². The van der Waals surface area contributed by atoms with Crippen molar-refractivity contribution in [3.63, 3.8) is 0 Å². The second-order valence-electron chi connectivity index (χ2n) is 5.05. The van der Waals surface area contributed by atoms with E-state index in [0.717, 1.165) is 25.7 Å². The van der Waals surface area contributed by atoms with E-state index in [1.165, 1.54) is 7.11 Å². The van der Waals surface area contributed by atoms with E-state index in [1.807, 2.05) is 0 Å². The minimum atomic E-state index is -0.420. The monoisotopic (exact) mass is 235 g/mol. The van der Waals surface area contributed by atoms with Crippen LogP contribution in [0, 0.1) is 11.3 Å². The maximum absolute atomic E-state index is 11.2. The Balaban J connectivity index is 0.00000196. The van der Waals surface area contributed by atoms with Crippen LogP contribution in [0.25, 0.3) is 0 Å². The fourth-order valence-electron chi connectivity index (χ4n) is 2.11. The van der Waals surface area contributed by atoms with Crippen molar-refractivity contribution in [3.8, 4) is 0 Å². The molecule has 0 amide bonds. The number of esters is 1. The van der Waals surface area contributed by atoms with Gasteiger partial charge in [0.15, 0.2) is 0 Å². The number of nitrogens with two attached hydrogens (primary N) is 1. The lowest BCUT2D eigenvalue weighted by molar-refractivity contribution is -0.144. The van der Waals surface area contributed by atoms with Gasteiger partial charge in [0.25, 0.3) is 0 Å². The van der Waals surface area contributed by atoms with Gasteiger partial charge in [0, 0.05) is 0 Å². The Kier molecular flexibility index (Phi) is 5.60. The SMILES string of the molecule is COC(=O)C(N)C1CCC(C)(C)CC1.Cl. The van der Waals surface area contributed by atoms with Crippen LogP contribution in [0.2, 0.25) is 0 Å². The summed E-state index contributed by atoms with van der Waals surface area (Å²) in [6.45, 7) is 4.54. The summed E-state index contributed by atoms with van der Waals surface area (Å²) in [6.07, 6.45) is 4.40. The quantitative estimate of drug-likeness (QED) is 0.746.